The summed E-state index contributed by atoms with van der Waals surface area (Å²) in [6, 6.07) is 17.8. The summed E-state index contributed by atoms with van der Waals surface area (Å²) in [4.78, 5) is 4.56. The Morgan fingerprint density at radius 1 is 0.852 bits per heavy atom. The highest BCUT2D eigenvalue weighted by Crippen LogP contribution is 2.55. The van der Waals surface area contributed by atoms with Crippen molar-refractivity contribution in [2.45, 2.75) is 51.5 Å². The molecule has 1 aromatic heterocycles. The summed E-state index contributed by atoms with van der Waals surface area (Å²) in [5.41, 5.74) is 11.5. The summed E-state index contributed by atoms with van der Waals surface area (Å²) in [7, 11) is 0. The van der Waals surface area contributed by atoms with Gasteiger partial charge in [-0.15, -0.1) is 0 Å². The van der Waals surface area contributed by atoms with E-state index in [2.05, 4.69) is 66.6 Å². The number of nitrogens with one attached hydrogen (secondary N) is 1. The normalized spacial score (nSPS) is 19.9. The quantitative estimate of drug-likeness (QED) is 0.673. The number of anilines is 1. The molecule has 2 aliphatic rings. The van der Waals surface area contributed by atoms with Gasteiger partial charge in [-0.05, 0) is 85.0 Å². The van der Waals surface area contributed by atoms with E-state index in [4.69, 9.17) is 0 Å². The first kappa shape index (κ1) is 16.6. The zero-order chi connectivity index (χ0) is 18.4. The number of benzene rings is 2. The molecule has 0 aliphatic heterocycles. The van der Waals surface area contributed by atoms with E-state index in [0.717, 1.165) is 12.2 Å². The fraction of sp³-hybridized carbons (Fsp3) is 0.320. The average molecular weight is 354 g/mol. The van der Waals surface area contributed by atoms with E-state index in [1.54, 1.807) is 16.7 Å². The molecule has 27 heavy (non-hydrogen) atoms. The lowest BCUT2D eigenvalue weighted by Gasteiger charge is -2.30. The van der Waals surface area contributed by atoms with Crippen LogP contribution in [-0.2, 0) is 24.8 Å². The van der Waals surface area contributed by atoms with Crippen molar-refractivity contribution in [3.05, 3.63) is 93.8 Å². The molecule has 1 spiro atoms. The molecule has 0 saturated carbocycles. The molecule has 5 rings (SSSR count). The van der Waals surface area contributed by atoms with Gasteiger partial charge in [-0.2, -0.15) is 0 Å². The van der Waals surface area contributed by atoms with Crippen molar-refractivity contribution < 1.29 is 0 Å². The van der Waals surface area contributed by atoms with Gasteiger partial charge < -0.3 is 5.32 Å². The van der Waals surface area contributed by atoms with Crippen molar-refractivity contribution in [2.24, 2.45) is 0 Å². The van der Waals surface area contributed by atoms with E-state index in [0.29, 0.717) is 0 Å². The third-order valence-electron chi connectivity index (χ3n) is 6.67. The summed E-state index contributed by atoms with van der Waals surface area (Å²) >= 11 is 0. The Morgan fingerprint density at radius 3 is 2.33 bits per heavy atom. The number of aryl methyl sites for hydroxylation is 4. The molecule has 0 bridgehead atoms. The Bertz CT molecular complexity index is 1020. The lowest BCUT2D eigenvalue weighted by molar-refractivity contribution is 0.506. The zero-order valence-corrected chi connectivity index (χ0v) is 16.2. The van der Waals surface area contributed by atoms with Gasteiger partial charge >= 0.3 is 0 Å². The molecule has 0 fully saturated rings. The molecular formula is C25H26N2. The van der Waals surface area contributed by atoms with E-state index in [9.17, 15) is 0 Å². The van der Waals surface area contributed by atoms with Crippen LogP contribution in [0.15, 0.2) is 54.7 Å². The Hall–Kier alpha value is -2.61. The molecule has 2 aliphatic carbocycles. The highest BCUT2D eigenvalue weighted by Gasteiger charge is 2.46. The van der Waals surface area contributed by atoms with Gasteiger partial charge in [0, 0.05) is 17.3 Å². The van der Waals surface area contributed by atoms with E-state index >= 15 is 0 Å². The topological polar surface area (TPSA) is 24.9 Å². The molecule has 2 heteroatoms. The molecule has 1 N–H and O–H groups in total. The van der Waals surface area contributed by atoms with Gasteiger partial charge in [0.2, 0.25) is 0 Å². The van der Waals surface area contributed by atoms with Gasteiger partial charge in [-0.3, -0.25) is 4.98 Å². The molecule has 2 nitrogen and oxygen atoms in total. The van der Waals surface area contributed by atoms with Crippen LogP contribution in [0.2, 0.25) is 0 Å². The second-order valence-corrected chi connectivity index (χ2v) is 8.15. The van der Waals surface area contributed by atoms with Crippen molar-refractivity contribution in [3.63, 3.8) is 0 Å². The van der Waals surface area contributed by atoms with Crippen LogP contribution in [0.3, 0.4) is 0 Å². The summed E-state index contributed by atoms with van der Waals surface area (Å²) in [6.07, 6.45) is 6.74. The third-order valence-corrected chi connectivity index (χ3v) is 6.67. The molecule has 0 amide bonds. The van der Waals surface area contributed by atoms with Crippen molar-refractivity contribution in [3.8, 4) is 0 Å². The number of pyridine rings is 1. The standard InChI is InChI=1S/C25H26N2/c1-17-7-5-15-26-22(17)16-27-21-10-4-9-20-12-14-25(24(20)21)13-11-19-8-3-6-18(2)23(19)25/h3-10,15,27H,11-14,16H2,1-2H3/t25-/m1/s1. The Balaban J connectivity index is 1.57. The first-order valence-electron chi connectivity index (χ1n) is 10.0. The first-order chi connectivity index (χ1) is 13.2. The second kappa shape index (κ2) is 6.23. The maximum Gasteiger partial charge on any atom is 0.0623 e. The molecular weight excluding hydrogens is 328 g/mol. The fourth-order valence-corrected chi connectivity index (χ4v) is 5.47. The van der Waals surface area contributed by atoms with Crippen LogP contribution in [-0.4, -0.2) is 4.98 Å². The minimum atomic E-state index is 0.193. The molecule has 1 atom stereocenters. The van der Waals surface area contributed by atoms with Gasteiger partial charge in [-0.25, -0.2) is 0 Å². The maximum absolute atomic E-state index is 4.56. The van der Waals surface area contributed by atoms with Gasteiger partial charge in [-0.1, -0.05) is 36.4 Å². The van der Waals surface area contributed by atoms with Crippen LogP contribution in [0, 0.1) is 13.8 Å². The molecule has 136 valence electrons. The van der Waals surface area contributed by atoms with E-state index < -0.39 is 0 Å². The summed E-state index contributed by atoms with van der Waals surface area (Å²) in [6.45, 7) is 5.20. The van der Waals surface area contributed by atoms with Crippen molar-refractivity contribution >= 4 is 5.69 Å². The maximum atomic E-state index is 4.56. The second-order valence-electron chi connectivity index (χ2n) is 8.15. The molecule has 3 aromatic rings. The van der Waals surface area contributed by atoms with Crippen molar-refractivity contribution in [2.75, 3.05) is 5.32 Å². The van der Waals surface area contributed by atoms with Crippen molar-refractivity contribution in [1.29, 1.82) is 0 Å². The average Bonchev–Trinajstić information content (AvgIpc) is 3.25. The first-order valence-corrected chi connectivity index (χ1v) is 10.0. The lowest BCUT2D eigenvalue weighted by atomic mass is 9.74. The lowest BCUT2D eigenvalue weighted by Crippen LogP contribution is -2.24. The smallest absolute Gasteiger partial charge is 0.0623 e. The summed E-state index contributed by atoms with van der Waals surface area (Å²) in [5.74, 6) is 0. The van der Waals surface area contributed by atoms with Gasteiger partial charge in [0.05, 0.1) is 12.2 Å². The number of aromatic nitrogens is 1. The van der Waals surface area contributed by atoms with Crippen LogP contribution in [0.1, 0.15) is 51.9 Å². The highest BCUT2D eigenvalue weighted by molar-refractivity contribution is 5.67. The SMILES string of the molecule is Cc1cccnc1CNc1cccc2c1[C@]1(CCc3cccc(C)c31)CC2. The largest absolute Gasteiger partial charge is 0.379 e. The number of hydrogen-bond donors (Lipinski definition) is 1. The number of hydrogen-bond acceptors (Lipinski definition) is 2. The zero-order valence-electron chi connectivity index (χ0n) is 16.2. The third kappa shape index (κ3) is 2.50. The minimum absolute atomic E-state index is 0.193. The van der Waals surface area contributed by atoms with E-state index in [1.807, 2.05) is 12.3 Å². The fourth-order valence-electron chi connectivity index (χ4n) is 5.47. The molecule has 2 aromatic carbocycles. The van der Waals surface area contributed by atoms with Crippen LogP contribution in [0.4, 0.5) is 5.69 Å². The molecule has 0 radical (unpaired) electrons. The van der Waals surface area contributed by atoms with E-state index in [1.165, 1.54) is 48.1 Å². The van der Waals surface area contributed by atoms with Crippen LogP contribution in [0.5, 0.6) is 0 Å². The van der Waals surface area contributed by atoms with Gasteiger partial charge in [0.25, 0.3) is 0 Å². The van der Waals surface area contributed by atoms with Gasteiger partial charge in [0.1, 0.15) is 0 Å². The Kier molecular flexibility index (Phi) is 3.82. The summed E-state index contributed by atoms with van der Waals surface area (Å²) < 4.78 is 0. The number of fused-ring (bicyclic) bond motifs is 4. The number of nitrogens with zero attached hydrogens (tertiary/aromatic N) is 1. The van der Waals surface area contributed by atoms with Crippen LogP contribution < -0.4 is 5.32 Å². The Morgan fingerprint density at radius 2 is 1.56 bits per heavy atom. The molecule has 0 unspecified atom stereocenters. The van der Waals surface area contributed by atoms with Crippen LogP contribution in [0.25, 0.3) is 0 Å². The molecule has 0 saturated heterocycles. The predicted octanol–water partition coefficient (Wildman–Crippen LogP) is 5.49. The predicted molar refractivity (Wildman–Crippen MR) is 111 cm³/mol. The molecule has 1 heterocycles. The Labute approximate surface area is 161 Å². The highest BCUT2D eigenvalue weighted by atomic mass is 14.9. The van der Waals surface area contributed by atoms with E-state index in [-0.39, 0.29) is 5.41 Å². The van der Waals surface area contributed by atoms with Crippen LogP contribution >= 0.6 is 0 Å². The number of rotatable bonds is 3. The minimum Gasteiger partial charge on any atom is -0.379 e. The van der Waals surface area contributed by atoms with Gasteiger partial charge in [0.15, 0.2) is 0 Å². The summed E-state index contributed by atoms with van der Waals surface area (Å²) in [5, 5.41) is 3.74. The monoisotopic (exact) mass is 354 g/mol. The van der Waals surface area contributed by atoms with Crippen molar-refractivity contribution in [1.82, 2.24) is 4.98 Å².